The van der Waals surface area contributed by atoms with E-state index in [-0.39, 0.29) is 0 Å². The Kier molecular flexibility index (Phi) is 7.03. The van der Waals surface area contributed by atoms with Crippen molar-refractivity contribution in [3.05, 3.63) is 182 Å². The van der Waals surface area contributed by atoms with Gasteiger partial charge in [-0.2, -0.15) is 0 Å². The highest BCUT2D eigenvalue weighted by Gasteiger charge is 2.18. The SMILES string of the molecule is c1ccc(-c2nc(-c3ccccc3)nc(-c3ccc4oc5cc(-c6cccc7sc8cc(-n9c%10ccccc%10c%10ccccc%109)ccc8c67)ccc5c4c3)n2)cc1. The Bertz CT molecular complexity index is 3420. The van der Waals surface area contributed by atoms with Crippen LogP contribution in [0.3, 0.4) is 0 Å². The Morgan fingerprint density at radius 2 is 1.00 bits per heavy atom. The van der Waals surface area contributed by atoms with Gasteiger partial charge in [0.25, 0.3) is 0 Å². The van der Waals surface area contributed by atoms with Gasteiger partial charge in [0, 0.05) is 64.1 Å². The van der Waals surface area contributed by atoms with E-state index in [1.165, 1.54) is 53.2 Å². The van der Waals surface area contributed by atoms with Gasteiger partial charge in [0.1, 0.15) is 11.2 Å². The molecule has 0 aliphatic carbocycles. The monoisotopic (exact) mass is 746 g/mol. The molecule has 8 aromatic carbocycles. The first kappa shape index (κ1) is 31.9. The lowest BCUT2D eigenvalue weighted by Gasteiger charge is -2.09. The van der Waals surface area contributed by atoms with Gasteiger partial charge in [-0.3, -0.25) is 0 Å². The van der Waals surface area contributed by atoms with Crippen LogP contribution in [0.1, 0.15) is 0 Å². The highest BCUT2D eigenvalue weighted by atomic mass is 32.1. The van der Waals surface area contributed by atoms with Crippen LogP contribution in [0.5, 0.6) is 0 Å². The van der Waals surface area contributed by atoms with Gasteiger partial charge in [-0.25, -0.2) is 15.0 Å². The minimum atomic E-state index is 0.618. The summed E-state index contributed by atoms with van der Waals surface area (Å²) in [4.78, 5) is 14.8. The van der Waals surface area contributed by atoms with Gasteiger partial charge in [-0.1, -0.05) is 121 Å². The van der Waals surface area contributed by atoms with Crippen molar-refractivity contribution in [2.24, 2.45) is 0 Å². The third-order valence-corrected chi connectivity index (χ3v) is 12.2. The predicted molar refractivity (Wildman–Crippen MR) is 236 cm³/mol. The van der Waals surface area contributed by atoms with Gasteiger partial charge in [0.05, 0.1) is 11.0 Å². The van der Waals surface area contributed by atoms with E-state index < -0.39 is 0 Å². The van der Waals surface area contributed by atoms with Crippen molar-refractivity contribution in [2.75, 3.05) is 0 Å². The molecule has 4 heterocycles. The van der Waals surface area contributed by atoms with Crippen LogP contribution in [-0.2, 0) is 0 Å². The first-order chi connectivity index (χ1) is 28.2. The number of nitrogens with zero attached hydrogens (tertiary/aromatic N) is 4. The van der Waals surface area contributed by atoms with Crippen molar-refractivity contribution in [1.29, 1.82) is 0 Å². The quantitative estimate of drug-likeness (QED) is 0.176. The van der Waals surface area contributed by atoms with E-state index in [9.17, 15) is 0 Å². The average molecular weight is 747 g/mol. The molecular formula is C51H30N4OS. The number of thiophene rings is 1. The second-order valence-electron chi connectivity index (χ2n) is 14.4. The Hall–Kier alpha value is -7.41. The Balaban J connectivity index is 0.960. The summed E-state index contributed by atoms with van der Waals surface area (Å²) in [5.41, 5.74) is 10.4. The second kappa shape index (κ2) is 12.6. The summed E-state index contributed by atoms with van der Waals surface area (Å²) < 4.78 is 11.5. The minimum Gasteiger partial charge on any atom is -0.456 e. The van der Waals surface area contributed by atoms with Crippen LogP contribution in [0.2, 0.25) is 0 Å². The van der Waals surface area contributed by atoms with Crippen LogP contribution in [0.15, 0.2) is 186 Å². The normalized spacial score (nSPS) is 11.9. The molecule has 0 aliphatic heterocycles. The highest BCUT2D eigenvalue weighted by molar-refractivity contribution is 7.26. The Labute approximate surface area is 330 Å². The molecule has 4 aromatic heterocycles. The maximum atomic E-state index is 6.55. The molecule has 0 saturated carbocycles. The molecule has 5 nitrogen and oxygen atoms in total. The lowest BCUT2D eigenvalue weighted by Crippen LogP contribution is -2.00. The molecule has 57 heavy (non-hydrogen) atoms. The summed E-state index contributed by atoms with van der Waals surface area (Å²) in [7, 11) is 0. The summed E-state index contributed by atoms with van der Waals surface area (Å²) in [6, 6.07) is 63.8. The molecular weight excluding hydrogens is 717 g/mol. The third kappa shape index (κ3) is 5.12. The highest BCUT2D eigenvalue weighted by Crippen LogP contribution is 2.43. The molecule has 0 atom stereocenters. The number of benzene rings is 8. The number of hydrogen-bond donors (Lipinski definition) is 0. The predicted octanol–water partition coefficient (Wildman–Crippen LogP) is 13.9. The smallest absolute Gasteiger partial charge is 0.164 e. The first-order valence-electron chi connectivity index (χ1n) is 19.0. The molecule has 0 radical (unpaired) electrons. The van der Waals surface area contributed by atoms with E-state index in [1.807, 2.05) is 84.1 Å². The van der Waals surface area contributed by atoms with Crippen molar-refractivity contribution in [2.45, 2.75) is 0 Å². The van der Waals surface area contributed by atoms with E-state index in [2.05, 4.69) is 114 Å². The largest absolute Gasteiger partial charge is 0.456 e. The van der Waals surface area contributed by atoms with E-state index in [1.54, 1.807) is 0 Å². The summed E-state index contributed by atoms with van der Waals surface area (Å²) in [6.45, 7) is 0. The molecule has 0 N–H and O–H groups in total. The number of rotatable bonds is 5. The fraction of sp³-hybridized carbons (Fsp3) is 0. The van der Waals surface area contributed by atoms with E-state index in [0.717, 1.165) is 44.2 Å². The lowest BCUT2D eigenvalue weighted by atomic mass is 9.98. The van der Waals surface area contributed by atoms with Crippen LogP contribution < -0.4 is 0 Å². The van der Waals surface area contributed by atoms with Crippen LogP contribution in [0.25, 0.3) is 115 Å². The van der Waals surface area contributed by atoms with Crippen LogP contribution in [-0.4, -0.2) is 19.5 Å². The number of hydrogen-bond acceptors (Lipinski definition) is 5. The second-order valence-corrected chi connectivity index (χ2v) is 15.5. The van der Waals surface area contributed by atoms with Crippen LogP contribution >= 0.6 is 11.3 Å². The minimum absolute atomic E-state index is 0.618. The molecule has 0 bridgehead atoms. The Morgan fingerprint density at radius 3 is 1.70 bits per heavy atom. The summed E-state index contributed by atoms with van der Waals surface area (Å²) in [5.74, 6) is 1.89. The number of furan rings is 1. The summed E-state index contributed by atoms with van der Waals surface area (Å²) in [6.07, 6.45) is 0. The van der Waals surface area contributed by atoms with Gasteiger partial charge >= 0.3 is 0 Å². The maximum Gasteiger partial charge on any atom is 0.164 e. The Morgan fingerprint density at radius 1 is 0.386 bits per heavy atom. The van der Waals surface area contributed by atoms with Crippen molar-refractivity contribution in [1.82, 2.24) is 19.5 Å². The molecule has 0 fully saturated rings. The first-order valence-corrected chi connectivity index (χ1v) is 19.8. The van der Waals surface area contributed by atoms with E-state index >= 15 is 0 Å². The molecule has 12 rings (SSSR count). The van der Waals surface area contributed by atoms with E-state index in [0.29, 0.717) is 17.5 Å². The van der Waals surface area contributed by atoms with Gasteiger partial charge in [0.2, 0.25) is 0 Å². The molecule has 0 unspecified atom stereocenters. The zero-order valence-corrected chi connectivity index (χ0v) is 31.2. The summed E-state index contributed by atoms with van der Waals surface area (Å²) in [5, 5.41) is 7.13. The van der Waals surface area contributed by atoms with E-state index in [4.69, 9.17) is 19.4 Å². The molecule has 0 spiro atoms. The molecule has 0 amide bonds. The van der Waals surface area contributed by atoms with Crippen molar-refractivity contribution >= 4 is 75.3 Å². The van der Waals surface area contributed by atoms with Gasteiger partial charge in [-0.05, 0) is 71.8 Å². The fourth-order valence-electron chi connectivity index (χ4n) is 8.42. The van der Waals surface area contributed by atoms with Gasteiger partial charge in [-0.15, -0.1) is 11.3 Å². The fourth-order valence-corrected chi connectivity index (χ4v) is 9.58. The molecule has 0 aliphatic rings. The molecule has 266 valence electrons. The zero-order chi connectivity index (χ0) is 37.5. The van der Waals surface area contributed by atoms with Crippen LogP contribution in [0.4, 0.5) is 0 Å². The van der Waals surface area contributed by atoms with Gasteiger partial charge < -0.3 is 8.98 Å². The van der Waals surface area contributed by atoms with Crippen molar-refractivity contribution < 1.29 is 4.42 Å². The number of para-hydroxylation sites is 2. The number of fused-ring (bicyclic) bond motifs is 9. The van der Waals surface area contributed by atoms with Crippen molar-refractivity contribution in [3.8, 4) is 51.0 Å². The average Bonchev–Trinajstić information content (AvgIpc) is 3.95. The zero-order valence-electron chi connectivity index (χ0n) is 30.4. The van der Waals surface area contributed by atoms with Crippen molar-refractivity contribution in [3.63, 3.8) is 0 Å². The molecule has 6 heteroatoms. The van der Waals surface area contributed by atoms with Crippen LogP contribution in [0, 0.1) is 0 Å². The van der Waals surface area contributed by atoms with Gasteiger partial charge in [0.15, 0.2) is 17.5 Å². The molecule has 12 aromatic rings. The lowest BCUT2D eigenvalue weighted by molar-refractivity contribution is 0.669. The maximum absolute atomic E-state index is 6.55. The third-order valence-electron chi connectivity index (χ3n) is 11.1. The topological polar surface area (TPSA) is 56.7 Å². The molecule has 0 saturated heterocycles. The summed E-state index contributed by atoms with van der Waals surface area (Å²) >= 11 is 1.85. The standard InChI is InChI=1S/C51H30N4OS/c1-3-12-31(13-4-1)49-52-50(32-14-5-2-6-15-32)54-51(53-49)34-23-27-44-41(28-34)39-25-22-33(29-45(39)56-44)36-18-11-21-46-48(36)40-26-24-35(30-47(40)57-46)55-42-19-9-7-16-37(42)38-17-8-10-20-43(38)55/h1-30H. The number of aromatic nitrogens is 4.